The molecule has 2 bridgehead atoms. The van der Waals surface area contributed by atoms with Crippen LogP contribution in [0.25, 0.3) is 0 Å². The van der Waals surface area contributed by atoms with Crippen LogP contribution in [-0.2, 0) is 0 Å². The van der Waals surface area contributed by atoms with Gasteiger partial charge in [-0.05, 0) is 38.1 Å². The van der Waals surface area contributed by atoms with Gasteiger partial charge < -0.3 is 5.32 Å². The van der Waals surface area contributed by atoms with Gasteiger partial charge in [0.25, 0.3) is 0 Å². The molecule has 0 aromatic heterocycles. The summed E-state index contributed by atoms with van der Waals surface area (Å²) in [7, 11) is 0. The average Bonchev–Trinajstić information content (AvgIpc) is 1.92. The van der Waals surface area contributed by atoms with E-state index in [2.05, 4.69) is 5.32 Å². The maximum atomic E-state index is 3.44. The van der Waals surface area contributed by atoms with Gasteiger partial charge in [0.1, 0.15) is 0 Å². The van der Waals surface area contributed by atoms with Gasteiger partial charge >= 0.3 is 0 Å². The third-order valence-electron chi connectivity index (χ3n) is 2.35. The van der Waals surface area contributed by atoms with Gasteiger partial charge in [-0.1, -0.05) is 0 Å². The number of hydrogen-bond acceptors (Lipinski definition) is 1. The van der Waals surface area contributed by atoms with Crippen LogP contribution in [0.2, 0.25) is 0 Å². The third kappa shape index (κ3) is 0.655. The van der Waals surface area contributed by atoms with Gasteiger partial charge in [-0.25, -0.2) is 0 Å². The fourth-order valence-electron chi connectivity index (χ4n) is 1.70. The molecule has 1 N–H and O–H groups in total. The molecule has 8 heavy (non-hydrogen) atoms. The second-order valence-corrected chi connectivity index (χ2v) is 2.93. The lowest BCUT2D eigenvalue weighted by atomic mass is 9.82. The Morgan fingerprint density at radius 1 is 1.25 bits per heavy atom. The van der Waals surface area contributed by atoms with Gasteiger partial charge in [0.05, 0.1) is 0 Å². The molecule has 1 aliphatic carbocycles. The highest BCUT2D eigenvalue weighted by molar-refractivity contribution is 4.98. The van der Waals surface area contributed by atoms with Crippen molar-refractivity contribution in [2.24, 2.45) is 5.92 Å². The summed E-state index contributed by atoms with van der Waals surface area (Å²) in [6.45, 7) is 1.27. The first-order chi connectivity index (χ1) is 3.95. The van der Waals surface area contributed by atoms with Gasteiger partial charge in [0.2, 0.25) is 0 Å². The largest absolute Gasteiger partial charge is 0.309 e. The maximum absolute atomic E-state index is 3.44. The Labute approximate surface area is 50.5 Å². The van der Waals surface area contributed by atoms with Crippen molar-refractivity contribution in [2.45, 2.75) is 25.7 Å². The highest BCUT2D eigenvalue weighted by Gasteiger charge is 2.26. The van der Waals surface area contributed by atoms with Gasteiger partial charge in [0, 0.05) is 6.04 Å². The molecule has 1 heteroatoms. The summed E-state index contributed by atoms with van der Waals surface area (Å²) in [6.07, 6.45) is 5.65. The quantitative estimate of drug-likeness (QED) is 0.495. The minimum absolute atomic E-state index is 1.02. The fraction of sp³-hybridized carbons (Fsp3) is 0.857. The fourth-order valence-corrected chi connectivity index (χ4v) is 1.70. The number of hydrogen-bond donors (Lipinski definition) is 1. The molecule has 45 valence electrons. The predicted octanol–water partition coefficient (Wildman–Crippen LogP) is 1.31. The SMILES string of the molecule is C1CC2CC[C]1NC2. The third-order valence-corrected chi connectivity index (χ3v) is 2.35. The van der Waals surface area contributed by atoms with Gasteiger partial charge in [-0.15, -0.1) is 0 Å². The molecule has 2 aliphatic heterocycles. The second-order valence-electron chi connectivity index (χ2n) is 2.93. The molecule has 0 aromatic rings. The Balaban J connectivity index is 2.03. The molecule has 0 amide bonds. The number of nitrogens with one attached hydrogen (secondary N) is 1. The zero-order valence-corrected chi connectivity index (χ0v) is 5.11. The summed E-state index contributed by atoms with van der Waals surface area (Å²) >= 11 is 0. The summed E-state index contributed by atoms with van der Waals surface area (Å²) < 4.78 is 0. The molecule has 2 saturated heterocycles. The van der Waals surface area contributed by atoms with Crippen molar-refractivity contribution in [3.8, 4) is 0 Å². The summed E-state index contributed by atoms with van der Waals surface area (Å²) in [6, 6.07) is 1.62. The lowest BCUT2D eigenvalue weighted by Crippen LogP contribution is -2.38. The zero-order valence-electron chi connectivity index (χ0n) is 5.11. The number of piperidine rings is 2. The molecule has 3 fully saturated rings. The first-order valence-corrected chi connectivity index (χ1v) is 3.54. The van der Waals surface area contributed by atoms with Crippen molar-refractivity contribution in [3.63, 3.8) is 0 Å². The van der Waals surface area contributed by atoms with E-state index in [9.17, 15) is 0 Å². The average molecular weight is 110 g/mol. The summed E-state index contributed by atoms with van der Waals surface area (Å²) in [5.41, 5.74) is 0. The van der Waals surface area contributed by atoms with E-state index in [-0.39, 0.29) is 0 Å². The van der Waals surface area contributed by atoms with Crippen molar-refractivity contribution in [1.29, 1.82) is 0 Å². The Morgan fingerprint density at radius 3 is 2.12 bits per heavy atom. The molecular formula is C7H12N. The van der Waals surface area contributed by atoms with E-state index < -0.39 is 0 Å². The van der Waals surface area contributed by atoms with Gasteiger partial charge in [-0.3, -0.25) is 0 Å². The molecule has 1 saturated carbocycles. The highest BCUT2D eigenvalue weighted by atomic mass is 14.9. The van der Waals surface area contributed by atoms with E-state index >= 15 is 0 Å². The highest BCUT2D eigenvalue weighted by Crippen LogP contribution is 2.32. The van der Waals surface area contributed by atoms with Crippen LogP contribution >= 0.6 is 0 Å². The first-order valence-electron chi connectivity index (χ1n) is 3.54. The molecule has 1 radical (unpaired) electrons. The van der Waals surface area contributed by atoms with Crippen molar-refractivity contribution >= 4 is 0 Å². The van der Waals surface area contributed by atoms with Crippen molar-refractivity contribution in [2.75, 3.05) is 6.54 Å². The minimum Gasteiger partial charge on any atom is -0.309 e. The Bertz CT molecular complexity index is 59.4. The molecule has 2 heterocycles. The van der Waals surface area contributed by atoms with E-state index in [1.807, 2.05) is 0 Å². The topological polar surface area (TPSA) is 12.0 Å². The van der Waals surface area contributed by atoms with Crippen molar-refractivity contribution < 1.29 is 0 Å². The molecule has 0 atom stereocenters. The molecule has 0 unspecified atom stereocenters. The van der Waals surface area contributed by atoms with Crippen LogP contribution in [0.5, 0.6) is 0 Å². The van der Waals surface area contributed by atoms with Gasteiger partial charge in [0.15, 0.2) is 0 Å². The smallest absolute Gasteiger partial charge is 0.0364 e. The lowest BCUT2D eigenvalue weighted by Gasteiger charge is -2.35. The van der Waals surface area contributed by atoms with E-state index in [0.717, 1.165) is 5.92 Å². The van der Waals surface area contributed by atoms with E-state index in [4.69, 9.17) is 0 Å². The number of rotatable bonds is 0. The van der Waals surface area contributed by atoms with Crippen LogP contribution in [0.3, 0.4) is 0 Å². The minimum atomic E-state index is 1.02. The summed E-state index contributed by atoms with van der Waals surface area (Å²) in [5, 5.41) is 3.44. The van der Waals surface area contributed by atoms with Crippen molar-refractivity contribution in [1.82, 2.24) is 5.32 Å². The maximum Gasteiger partial charge on any atom is 0.0364 e. The zero-order chi connectivity index (χ0) is 5.40. The molecular weight excluding hydrogens is 98.1 g/mol. The van der Waals surface area contributed by atoms with Gasteiger partial charge in [-0.2, -0.15) is 0 Å². The normalized spacial score (nSPS) is 31.5. The molecule has 3 aliphatic rings. The van der Waals surface area contributed by atoms with Crippen LogP contribution < -0.4 is 5.32 Å². The van der Waals surface area contributed by atoms with Crippen LogP contribution in [0, 0.1) is 12.0 Å². The summed E-state index contributed by atoms with van der Waals surface area (Å²) in [5.74, 6) is 1.02. The van der Waals surface area contributed by atoms with E-state index in [1.54, 1.807) is 6.04 Å². The van der Waals surface area contributed by atoms with E-state index in [1.165, 1.54) is 32.2 Å². The van der Waals surface area contributed by atoms with Crippen LogP contribution in [0.4, 0.5) is 0 Å². The van der Waals surface area contributed by atoms with Crippen LogP contribution in [0.1, 0.15) is 25.7 Å². The molecule has 1 nitrogen and oxygen atoms in total. The molecule has 0 spiro atoms. The molecule has 0 aromatic carbocycles. The monoisotopic (exact) mass is 110 g/mol. The molecule has 3 rings (SSSR count). The Morgan fingerprint density at radius 2 is 2.00 bits per heavy atom. The summed E-state index contributed by atoms with van der Waals surface area (Å²) in [4.78, 5) is 0. The Kier molecular flexibility index (Phi) is 1.04. The first kappa shape index (κ1) is 4.80. The lowest BCUT2D eigenvalue weighted by molar-refractivity contribution is 0.279. The van der Waals surface area contributed by atoms with Crippen LogP contribution in [0.15, 0.2) is 0 Å². The standard InChI is InChI=1S/C7H12N/c1-3-7-4-2-6(1)5-8-7/h6,8H,1-5H2. The predicted molar refractivity (Wildman–Crippen MR) is 33.2 cm³/mol. The van der Waals surface area contributed by atoms with E-state index in [0.29, 0.717) is 0 Å². The number of fused-ring (bicyclic) bond motifs is 3. The van der Waals surface area contributed by atoms with Crippen LogP contribution in [-0.4, -0.2) is 6.54 Å². The van der Waals surface area contributed by atoms with Crippen molar-refractivity contribution in [3.05, 3.63) is 6.04 Å². The Hall–Kier alpha value is -0.0400. The second kappa shape index (κ2) is 1.73.